The van der Waals surface area contributed by atoms with Gasteiger partial charge in [0.25, 0.3) is 0 Å². The van der Waals surface area contributed by atoms with Crippen LogP contribution >= 0.6 is 0 Å². The standard InChI is InChI=1S/C23H24N4O/c1-5-11-24-15-23(28)25-22-14-21(20-13-17(3)16(2)12-18(20)4)26-27(22)19-9-7-6-8-10-19/h1,6-10,12-14,24H,11,15H2,2-4H3,(H,25,28). The number of terminal acetylenes is 1. The second kappa shape index (κ2) is 8.55. The highest BCUT2D eigenvalue weighted by atomic mass is 16.2. The van der Waals surface area contributed by atoms with Crippen molar-refractivity contribution in [2.24, 2.45) is 0 Å². The first-order valence-electron chi connectivity index (χ1n) is 9.17. The molecule has 0 saturated heterocycles. The van der Waals surface area contributed by atoms with Crippen molar-refractivity contribution in [3.05, 3.63) is 65.2 Å². The van der Waals surface area contributed by atoms with Crippen molar-refractivity contribution in [1.29, 1.82) is 0 Å². The molecule has 0 unspecified atom stereocenters. The van der Waals surface area contributed by atoms with Crippen molar-refractivity contribution in [2.75, 3.05) is 18.4 Å². The second-order valence-electron chi connectivity index (χ2n) is 6.77. The predicted octanol–water partition coefficient (Wildman–Crippen LogP) is 3.63. The molecule has 1 heterocycles. The van der Waals surface area contributed by atoms with E-state index in [1.54, 1.807) is 4.68 Å². The lowest BCUT2D eigenvalue weighted by molar-refractivity contribution is -0.115. The lowest BCUT2D eigenvalue weighted by atomic mass is 9.99. The van der Waals surface area contributed by atoms with Crippen LogP contribution in [0.4, 0.5) is 5.82 Å². The van der Waals surface area contributed by atoms with Gasteiger partial charge >= 0.3 is 0 Å². The highest BCUT2D eigenvalue weighted by Gasteiger charge is 2.15. The quantitative estimate of drug-likeness (QED) is 0.513. The fraction of sp³-hybridized carbons (Fsp3) is 0.217. The summed E-state index contributed by atoms with van der Waals surface area (Å²) in [7, 11) is 0. The Morgan fingerprint density at radius 1 is 1.07 bits per heavy atom. The topological polar surface area (TPSA) is 59.0 Å². The predicted molar refractivity (Wildman–Crippen MR) is 114 cm³/mol. The first-order valence-corrected chi connectivity index (χ1v) is 9.17. The monoisotopic (exact) mass is 372 g/mol. The minimum absolute atomic E-state index is 0.141. The Kier molecular flexibility index (Phi) is 5.93. The van der Waals surface area contributed by atoms with Crippen molar-refractivity contribution in [2.45, 2.75) is 20.8 Å². The van der Waals surface area contributed by atoms with Gasteiger partial charge in [0.1, 0.15) is 5.82 Å². The Bertz CT molecular complexity index is 1030. The van der Waals surface area contributed by atoms with Crippen LogP contribution in [-0.2, 0) is 4.79 Å². The molecule has 1 amide bonds. The molecule has 0 saturated carbocycles. The molecule has 0 spiro atoms. The summed E-state index contributed by atoms with van der Waals surface area (Å²) < 4.78 is 1.75. The molecule has 2 aromatic carbocycles. The molecule has 0 radical (unpaired) electrons. The molecule has 0 aliphatic carbocycles. The number of hydrogen-bond donors (Lipinski definition) is 2. The molecule has 0 aliphatic rings. The van der Waals surface area contributed by atoms with Crippen molar-refractivity contribution in [1.82, 2.24) is 15.1 Å². The van der Waals surface area contributed by atoms with Crippen LogP contribution in [-0.4, -0.2) is 28.8 Å². The number of aryl methyl sites for hydroxylation is 3. The number of nitrogens with one attached hydrogen (secondary N) is 2. The number of benzene rings is 2. The minimum atomic E-state index is -0.171. The average molecular weight is 372 g/mol. The highest BCUT2D eigenvalue weighted by molar-refractivity contribution is 5.92. The lowest BCUT2D eigenvalue weighted by Gasteiger charge is -2.09. The largest absolute Gasteiger partial charge is 0.309 e. The molecule has 2 N–H and O–H groups in total. The van der Waals surface area contributed by atoms with Gasteiger partial charge in [-0.25, -0.2) is 4.68 Å². The molecule has 28 heavy (non-hydrogen) atoms. The van der Waals surface area contributed by atoms with E-state index in [1.165, 1.54) is 11.1 Å². The molecule has 1 aromatic heterocycles. The molecule has 5 nitrogen and oxygen atoms in total. The Morgan fingerprint density at radius 2 is 1.79 bits per heavy atom. The zero-order valence-electron chi connectivity index (χ0n) is 16.4. The summed E-state index contributed by atoms with van der Waals surface area (Å²) in [5.74, 6) is 2.90. The number of amides is 1. The van der Waals surface area contributed by atoms with Crippen LogP contribution < -0.4 is 10.6 Å². The SMILES string of the molecule is C#CCNCC(=O)Nc1cc(-c2cc(C)c(C)cc2C)nn1-c1ccccc1. The summed E-state index contributed by atoms with van der Waals surface area (Å²) in [6.07, 6.45) is 5.21. The van der Waals surface area contributed by atoms with Gasteiger partial charge in [0.2, 0.25) is 5.91 Å². The van der Waals surface area contributed by atoms with Gasteiger partial charge in [-0.15, -0.1) is 6.42 Å². The second-order valence-corrected chi connectivity index (χ2v) is 6.77. The van der Waals surface area contributed by atoms with Crippen LogP contribution in [0.1, 0.15) is 16.7 Å². The third-order valence-corrected chi connectivity index (χ3v) is 4.61. The number of anilines is 1. The Labute approximate surface area is 165 Å². The molecule has 3 aromatic rings. The molecule has 5 heteroatoms. The summed E-state index contributed by atoms with van der Waals surface area (Å²) in [6, 6.07) is 16.0. The number of aromatic nitrogens is 2. The molecule has 0 atom stereocenters. The average Bonchev–Trinajstić information content (AvgIpc) is 3.09. The van der Waals surface area contributed by atoms with E-state index in [0.717, 1.165) is 22.5 Å². The van der Waals surface area contributed by atoms with E-state index in [1.807, 2.05) is 36.4 Å². The maximum Gasteiger partial charge on any atom is 0.239 e. The number of nitrogens with zero attached hydrogens (tertiary/aromatic N) is 2. The summed E-state index contributed by atoms with van der Waals surface area (Å²) >= 11 is 0. The fourth-order valence-electron chi connectivity index (χ4n) is 3.04. The third kappa shape index (κ3) is 4.30. The van der Waals surface area contributed by atoms with Gasteiger partial charge in [-0.1, -0.05) is 30.2 Å². The lowest BCUT2D eigenvalue weighted by Crippen LogP contribution is -2.29. The summed E-state index contributed by atoms with van der Waals surface area (Å²) in [5.41, 5.74) is 6.35. The zero-order valence-corrected chi connectivity index (χ0v) is 16.4. The zero-order chi connectivity index (χ0) is 20.1. The Morgan fingerprint density at radius 3 is 2.50 bits per heavy atom. The summed E-state index contributed by atoms with van der Waals surface area (Å²) in [4.78, 5) is 12.3. The van der Waals surface area contributed by atoms with E-state index in [4.69, 9.17) is 11.5 Å². The normalized spacial score (nSPS) is 10.5. The van der Waals surface area contributed by atoms with Crippen molar-refractivity contribution < 1.29 is 4.79 Å². The highest BCUT2D eigenvalue weighted by Crippen LogP contribution is 2.29. The van der Waals surface area contributed by atoms with Gasteiger partial charge in [0.05, 0.1) is 24.5 Å². The number of carbonyl (C=O) groups is 1. The van der Waals surface area contributed by atoms with Gasteiger partial charge < -0.3 is 5.32 Å². The van der Waals surface area contributed by atoms with Crippen LogP contribution in [0.25, 0.3) is 16.9 Å². The number of rotatable bonds is 6. The first kappa shape index (κ1) is 19.4. The van der Waals surface area contributed by atoms with Crippen molar-refractivity contribution in [3.8, 4) is 29.3 Å². The fourth-order valence-corrected chi connectivity index (χ4v) is 3.04. The van der Waals surface area contributed by atoms with Crippen LogP contribution in [0, 0.1) is 33.1 Å². The first-order chi connectivity index (χ1) is 13.5. The van der Waals surface area contributed by atoms with Gasteiger partial charge in [-0.05, 0) is 55.7 Å². The van der Waals surface area contributed by atoms with Gasteiger partial charge in [-0.2, -0.15) is 5.10 Å². The van der Waals surface area contributed by atoms with E-state index in [2.05, 4.69) is 49.5 Å². The third-order valence-electron chi connectivity index (χ3n) is 4.61. The molecule has 0 fully saturated rings. The van der Waals surface area contributed by atoms with Crippen LogP contribution in [0.5, 0.6) is 0 Å². The minimum Gasteiger partial charge on any atom is -0.309 e. The van der Waals surface area contributed by atoms with Crippen LogP contribution in [0.2, 0.25) is 0 Å². The maximum absolute atomic E-state index is 12.3. The van der Waals surface area contributed by atoms with Gasteiger partial charge in [-0.3, -0.25) is 10.1 Å². The van der Waals surface area contributed by atoms with E-state index < -0.39 is 0 Å². The van der Waals surface area contributed by atoms with E-state index in [-0.39, 0.29) is 12.5 Å². The van der Waals surface area contributed by atoms with Crippen molar-refractivity contribution >= 4 is 11.7 Å². The maximum atomic E-state index is 12.3. The summed E-state index contributed by atoms with van der Waals surface area (Å²) in [6.45, 7) is 6.75. The van der Waals surface area contributed by atoms with Gasteiger partial charge in [0, 0.05) is 11.6 Å². The molecule has 0 aliphatic heterocycles. The Hall–Kier alpha value is -3.36. The molecular weight excluding hydrogens is 348 g/mol. The Balaban J connectivity index is 2.00. The molecule has 142 valence electrons. The molecule has 3 rings (SSSR count). The molecular formula is C23H24N4O. The van der Waals surface area contributed by atoms with Crippen molar-refractivity contribution in [3.63, 3.8) is 0 Å². The van der Waals surface area contributed by atoms with E-state index in [0.29, 0.717) is 12.4 Å². The van der Waals surface area contributed by atoms with Gasteiger partial charge in [0.15, 0.2) is 0 Å². The number of hydrogen-bond acceptors (Lipinski definition) is 3. The van der Waals surface area contributed by atoms with Crippen LogP contribution in [0.3, 0.4) is 0 Å². The number of carbonyl (C=O) groups excluding carboxylic acids is 1. The van der Waals surface area contributed by atoms with E-state index in [9.17, 15) is 4.79 Å². The number of para-hydroxylation sites is 1. The van der Waals surface area contributed by atoms with E-state index >= 15 is 0 Å². The van der Waals surface area contributed by atoms with Crippen LogP contribution in [0.15, 0.2) is 48.5 Å². The molecule has 0 bridgehead atoms. The smallest absolute Gasteiger partial charge is 0.239 e. The summed E-state index contributed by atoms with van der Waals surface area (Å²) in [5, 5.41) is 10.6.